The summed E-state index contributed by atoms with van der Waals surface area (Å²) in [4.78, 5) is 11.7. The van der Waals surface area contributed by atoms with Crippen LogP contribution in [-0.2, 0) is 19.0 Å². The number of ether oxygens (including phenoxy) is 3. The smallest absolute Gasteiger partial charge is 0.341 e. The van der Waals surface area contributed by atoms with Crippen LogP contribution in [0.5, 0.6) is 0 Å². The highest BCUT2D eigenvalue weighted by Gasteiger charge is 2.74. The molecular weight excluding hydrogens is 196 g/mol. The van der Waals surface area contributed by atoms with E-state index in [0.717, 1.165) is 12.8 Å². The first-order valence-corrected chi connectivity index (χ1v) is 5.50. The minimum atomic E-state index is -0.734. The molecule has 0 aromatic rings. The van der Waals surface area contributed by atoms with Gasteiger partial charge in [0, 0.05) is 0 Å². The SMILES string of the molecule is CCC1(C(=O)OC)OC12CCC(C)OC2. The summed E-state index contributed by atoms with van der Waals surface area (Å²) in [6.07, 6.45) is 2.75. The van der Waals surface area contributed by atoms with Crippen LogP contribution in [0.2, 0.25) is 0 Å². The van der Waals surface area contributed by atoms with Crippen molar-refractivity contribution in [1.82, 2.24) is 0 Å². The van der Waals surface area contributed by atoms with Crippen LogP contribution in [-0.4, -0.2) is 37.0 Å². The summed E-state index contributed by atoms with van der Waals surface area (Å²) in [5.41, 5.74) is -1.14. The molecule has 4 heteroatoms. The molecule has 1 spiro atoms. The second-order valence-electron chi connectivity index (χ2n) is 4.43. The highest BCUT2D eigenvalue weighted by Crippen LogP contribution is 2.56. The number of epoxide rings is 1. The Morgan fingerprint density at radius 2 is 2.33 bits per heavy atom. The average Bonchev–Trinajstić information content (AvgIpc) is 2.91. The third-order valence-corrected chi connectivity index (χ3v) is 3.63. The number of carbonyl (C=O) groups is 1. The number of hydrogen-bond donors (Lipinski definition) is 0. The van der Waals surface area contributed by atoms with Crippen molar-refractivity contribution in [3.63, 3.8) is 0 Å². The van der Waals surface area contributed by atoms with Gasteiger partial charge in [0.15, 0.2) is 5.60 Å². The Morgan fingerprint density at radius 1 is 1.60 bits per heavy atom. The fourth-order valence-electron chi connectivity index (χ4n) is 2.51. The highest BCUT2D eigenvalue weighted by molar-refractivity contribution is 5.84. The summed E-state index contributed by atoms with van der Waals surface area (Å²) in [6, 6.07) is 0. The van der Waals surface area contributed by atoms with E-state index in [2.05, 4.69) is 0 Å². The van der Waals surface area contributed by atoms with Gasteiger partial charge in [0.05, 0.1) is 19.8 Å². The number of methoxy groups -OCH3 is 1. The zero-order valence-corrected chi connectivity index (χ0v) is 9.54. The van der Waals surface area contributed by atoms with Crippen LogP contribution in [0.1, 0.15) is 33.1 Å². The van der Waals surface area contributed by atoms with Gasteiger partial charge in [0.25, 0.3) is 0 Å². The molecule has 2 rings (SSSR count). The predicted molar refractivity (Wildman–Crippen MR) is 53.5 cm³/mol. The van der Waals surface area contributed by atoms with Gasteiger partial charge < -0.3 is 14.2 Å². The molecular formula is C11H18O4. The van der Waals surface area contributed by atoms with Gasteiger partial charge in [0.1, 0.15) is 5.60 Å². The molecule has 2 aliphatic rings. The molecule has 0 amide bonds. The zero-order chi connectivity index (χ0) is 11.1. The van der Waals surface area contributed by atoms with E-state index in [1.807, 2.05) is 13.8 Å². The van der Waals surface area contributed by atoms with Crippen molar-refractivity contribution in [2.24, 2.45) is 0 Å². The molecule has 2 heterocycles. The van der Waals surface area contributed by atoms with Crippen LogP contribution in [0.15, 0.2) is 0 Å². The zero-order valence-electron chi connectivity index (χ0n) is 9.54. The minimum Gasteiger partial charge on any atom is -0.467 e. The van der Waals surface area contributed by atoms with Crippen LogP contribution in [0, 0.1) is 0 Å². The Hall–Kier alpha value is -0.610. The highest BCUT2D eigenvalue weighted by atomic mass is 16.7. The van der Waals surface area contributed by atoms with Gasteiger partial charge in [-0.15, -0.1) is 0 Å². The fraction of sp³-hybridized carbons (Fsp3) is 0.909. The van der Waals surface area contributed by atoms with E-state index in [4.69, 9.17) is 14.2 Å². The summed E-state index contributed by atoms with van der Waals surface area (Å²) < 4.78 is 16.1. The van der Waals surface area contributed by atoms with E-state index < -0.39 is 11.2 Å². The van der Waals surface area contributed by atoms with Crippen molar-refractivity contribution >= 4 is 5.97 Å². The third kappa shape index (κ3) is 1.39. The lowest BCUT2D eigenvalue weighted by molar-refractivity contribution is -0.147. The maximum atomic E-state index is 11.7. The number of rotatable bonds is 2. The lowest BCUT2D eigenvalue weighted by Crippen LogP contribution is -2.41. The predicted octanol–water partition coefficient (Wildman–Crippen LogP) is 1.28. The maximum absolute atomic E-state index is 11.7. The quantitative estimate of drug-likeness (QED) is 0.513. The van der Waals surface area contributed by atoms with Gasteiger partial charge in [0.2, 0.25) is 0 Å². The van der Waals surface area contributed by atoms with Crippen molar-refractivity contribution in [2.75, 3.05) is 13.7 Å². The number of hydrogen-bond acceptors (Lipinski definition) is 4. The molecule has 0 radical (unpaired) electrons. The molecule has 2 saturated heterocycles. The van der Waals surface area contributed by atoms with Crippen molar-refractivity contribution in [3.8, 4) is 0 Å². The Bertz CT molecular complexity index is 268. The molecule has 0 bridgehead atoms. The molecule has 2 fully saturated rings. The second-order valence-corrected chi connectivity index (χ2v) is 4.43. The first-order valence-electron chi connectivity index (χ1n) is 5.50. The van der Waals surface area contributed by atoms with Crippen LogP contribution in [0.25, 0.3) is 0 Å². The first-order chi connectivity index (χ1) is 7.10. The lowest BCUT2D eigenvalue weighted by atomic mass is 9.85. The molecule has 0 aromatic carbocycles. The largest absolute Gasteiger partial charge is 0.467 e. The molecule has 2 aliphatic heterocycles. The summed E-state index contributed by atoms with van der Waals surface area (Å²) in [7, 11) is 1.40. The molecule has 0 aromatic heterocycles. The molecule has 0 saturated carbocycles. The van der Waals surface area contributed by atoms with Crippen LogP contribution < -0.4 is 0 Å². The van der Waals surface area contributed by atoms with Crippen molar-refractivity contribution in [2.45, 2.75) is 50.4 Å². The minimum absolute atomic E-state index is 0.261. The van der Waals surface area contributed by atoms with Crippen LogP contribution >= 0.6 is 0 Å². The van der Waals surface area contributed by atoms with Gasteiger partial charge in [-0.2, -0.15) is 0 Å². The second kappa shape index (κ2) is 3.46. The van der Waals surface area contributed by atoms with E-state index >= 15 is 0 Å². The first kappa shape index (κ1) is 10.9. The summed E-state index contributed by atoms with van der Waals surface area (Å²) >= 11 is 0. The van der Waals surface area contributed by atoms with E-state index in [0.29, 0.717) is 13.0 Å². The van der Waals surface area contributed by atoms with Crippen LogP contribution in [0.3, 0.4) is 0 Å². The monoisotopic (exact) mass is 214 g/mol. The molecule has 15 heavy (non-hydrogen) atoms. The Balaban J connectivity index is 2.10. The molecule has 3 unspecified atom stereocenters. The summed E-state index contributed by atoms with van der Waals surface area (Å²) in [5.74, 6) is -0.261. The van der Waals surface area contributed by atoms with Crippen LogP contribution in [0.4, 0.5) is 0 Å². The van der Waals surface area contributed by atoms with Gasteiger partial charge in [-0.3, -0.25) is 0 Å². The Morgan fingerprint density at radius 3 is 2.80 bits per heavy atom. The van der Waals surface area contributed by atoms with Gasteiger partial charge in [-0.05, 0) is 26.2 Å². The topological polar surface area (TPSA) is 48.1 Å². The standard InChI is InChI=1S/C11H18O4/c1-4-11(9(12)13-3)10(15-11)6-5-8(2)14-7-10/h8H,4-7H2,1-3H3. The number of esters is 1. The maximum Gasteiger partial charge on any atom is 0.341 e. The summed E-state index contributed by atoms with van der Waals surface area (Å²) in [5, 5.41) is 0. The molecule has 0 aliphatic carbocycles. The van der Waals surface area contributed by atoms with Gasteiger partial charge in [-0.1, -0.05) is 6.92 Å². The Labute approximate surface area is 89.9 Å². The normalized spacial score (nSPS) is 44.1. The molecule has 0 N–H and O–H groups in total. The third-order valence-electron chi connectivity index (χ3n) is 3.63. The van der Waals surface area contributed by atoms with Crippen molar-refractivity contribution in [1.29, 1.82) is 0 Å². The number of carbonyl (C=O) groups excluding carboxylic acids is 1. The fourth-order valence-corrected chi connectivity index (χ4v) is 2.51. The van der Waals surface area contributed by atoms with Gasteiger partial charge >= 0.3 is 5.97 Å². The van der Waals surface area contributed by atoms with E-state index in [1.54, 1.807) is 0 Å². The average molecular weight is 214 g/mol. The van der Waals surface area contributed by atoms with Gasteiger partial charge in [-0.25, -0.2) is 4.79 Å². The van der Waals surface area contributed by atoms with E-state index in [1.165, 1.54) is 7.11 Å². The summed E-state index contributed by atoms with van der Waals surface area (Å²) in [6.45, 7) is 4.50. The van der Waals surface area contributed by atoms with E-state index in [9.17, 15) is 4.79 Å². The van der Waals surface area contributed by atoms with Crippen molar-refractivity contribution in [3.05, 3.63) is 0 Å². The Kier molecular flexibility index (Phi) is 2.51. The lowest BCUT2D eigenvalue weighted by Gasteiger charge is -2.26. The van der Waals surface area contributed by atoms with Crippen molar-refractivity contribution < 1.29 is 19.0 Å². The molecule has 86 valence electrons. The van der Waals surface area contributed by atoms with E-state index in [-0.39, 0.29) is 12.1 Å². The molecule has 4 nitrogen and oxygen atoms in total. The molecule has 3 atom stereocenters.